The van der Waals surface area contributed by atoms with Gasteiger partial charge in [0.15, 0.2) is 0 Å². The van der Waals surface area contributed by atoms with E-state index in [1.807, 2.05) is 0 Å². The zero-order valence-corrected chi connectivity index (χ0v) is 37.5. The molecule has 51 heavy (non-hydrogen) atoms. The van der Waals surface area contributed by atoms with E-state index >= 15 is 0 Å². The third-order valence-electron chi connectivity index (χ3n) is 9.74. The molecule has 6 aromatic rings. The van der Waals surface area contributed by atoms with Crippen molar-refractivity contribution < 1.29 is 20.8 Å². The van der Waals surface area contributed by atoms with E-state index < -0.39 is 20.8 Å². The summed E-state index contributed by atoms with van der Waals surface area (Å²) < 4.78 is 0. The molecule has 0 unspecified atom stereocenters. The first-order valence-corrected chi connectivity index (χ1v) is 24.5. The van der Waals surface area contributed by atoms with E-state index in [-0.39, 0.29) is 21.7 Å². The molecule has 0 atom stereocenters. The quantitative estimate of drug-likeness (QED) is 0.153. The third-order valence-corrected chi connectivity index (χ3v) is 9.74. The van der Waals surface area contributed by atoms with E-state index in [0.717, 1.165) is 0 Å². The van der Waals surface area contributed by atoms with Crippen molar-refractivity contribution in [3.63, 3.8) is 0 Å². The second-order valence-corrected chi connectivity index (χ2v) is 22.1. The van der Waals surface area contributed by atoms with Gasteiger partial charge in [-0.1, -0.05) is 157 Å². The van der Waals surface area contributed by atoms with Crippen molar-refractivity contribution in [3.05, 3.63) is 130 Å². The van der Waals surface area contributed by atoms with E-state index in [1.54, 1.807) is 0 Å². The second kappa shape index (κ2) is 15.9. The molecule has 0 saturated heterocycles. The van der Waals surface area contributed by atoms with Gasteiger partial charge >= 0.3 is 37.9 Å². The van der Waals surface area contributed by atoms with Crippen LogP contribution in [0.4, 0.5) is 0 Å². The Kier molecular flexibility index (Phi) is 12.9. The van der Waals surface area contributed by atoms with E-state index in [2.05, 4.69) is 194 Å². The number of hydrogen-bond acceptors (Lipinski definition) is 0. The summed E-state index contributed by atoms with van der Waals surface area (Å²) in [6, 6.07) is 36.8. The second-order valence-electron chi connectivity index (χ2n) is 18.4. The summed E-state index contributed by atoms with van der Waals surface area (Å²) in [5, 5.41) is 5.40. The van der Waals surface area contributed by atoms with Gasteiger partial charge in [0, 0.05) is 0 Å². The molecule has 0 fully saturated rings. The maximum atomic E-state index is 4.93. The molecule has 268 valence electrons. The van der Waals surface area contributed by atoms with Gasteiger partial charge in [-0.15, -0.1) is 69.1 Å². The number of halogens is 2. The Morgan fingerprint density at radius 3 is 0.961 bits per heavy atom. The van der Waals surface area contributed by atoms with Crippen LogP contribution >= 0.6 is 17.0 Å². The number of benzene rings is 4. The maximum absolute atomic E-state index is 4.93. The summed E-state index contributed by atoms with van der Waals surface area (Å²) in [6.07, 6.45) is 0. The molecule has 0 saturated carbocycles. The van der Waals surface area contributed by atoms with Gasteiger partial charge in [0.2, 0.25) is 0 Å². The van der Waals surface area contributed by atoms with Crippen molar-refractivity contribution in [1.29, 1.82) is 0 Å². The first-order valence-electron chi connectivity index (χ1n) is 18.1. The van der Waals surface area contributed by atoms with Crippen molar-refractivity contribution in [1.82, 2.24) is 0 Å². The van der Waals surface area contributed by atoms with E-state index in [9.17, 15) is 0 Å². The predicted molar refractivity (Wildman–Crippen MR) is 226 cm³/mol. The van der Waals surface area contributed by atoms with Crippen LogP contribution in [0.5, 0.6) is 0 Å². The SMILES string of the molecule is Cc1cc2c(-c3cc(C(C)(C)C)cc(C(C)(C)C)c3)cccc2[cH-]1.Cc1cc2c(-c3cc(C(C)(C)C)cc(C(C)(C)C)c3)cccc2[cH-]1.[Cl][Zr+2][Cl]. The Morgan fingerprint density at radius 2 is 0.706 bits per heavy atom. The molecule has 0 bridgehead atoms. The molecular formula is C48H58Cl2Zr. The Hall–Kier alpha value is -2.44. The Bertz CT molecular complexity index is 1880. The molecule has 0 N–H and O–H groups in total. The van der Waals surface area contributed by atoms with Crippen LogP contribution in [0.1, 0.15) is 116 Å². The van der Waals surface area contributed by atoms with Gasteiger partial charge in [0.1, 0.15) is 0 Å². The van der Waals surface area contributed by atoms with Gasteiger partial charge in [0.05, 0.1) is 0 Å². The summed E-state index contributed by atoms with van der Waals surface area (Å²) in [5.41, 5.74) is 14.2. The molecule has 0 aromatic heterocycles. The third kappa shape index (κ3) is 10.4. The van der Waals surface area contributed by atoms with Crippen molar-refractivity contribution in [2.45, 2.75) is 119 Å². The number of rotatable bonds is 2. The molecular weight excluding hydrogens is 739 g/mol. The van der Waals surface area contributed by atoms with Crippen LogP contribution in [-0.4, -0.2) is 0 Å². The fraction of sp³-hybridized carbons (Fsp3) is 0.375. The fourth-order valence-electron chi connectivity index (χ4n) is 6.57. The van der Waals surface area contributed by atoms with Crippen LogP contribution in [-0.2, 0) is 42.5 Å². The van der Waals surface area contributed by atoms with Crippen LogP contribution in [0, 0.1) is 13.8 Å². The van der Waals surface area contributed by atoms with Crippen molar-refractivity contribution in [2.24, 2.45) is 0 Å². The molecule has 0 radical (unpaired) electrons. The van der Waals surface area contributed by atoms with Gasteiger partial charge in [0.25, 0.3) is 0 Å². The van der Waals surface area contributed by atoms with E-state index in [1.165, 1.54) is 77.2 Å². The molecule has 0 amide bonds. The molecule has 0 nitrogen and oxygen atoms in total. The molecule has 0 spiro atoms. The average molecular weight is 797 g/mol. The Morgan fingerprint density at radius 1 is 0.431 bits per heavy atom. The van der Waals surface area contributed by atoms with Gasteiger partial charge in [-0.05, 0) is 55.0 Å². The summed E-state index contributed by atoms with van der Waals surface area (Å²) in [5.74, 6) is 0. The van der Waals surface area contributed by atoms with E-state index in [0.29, 0.717) is 0 Å². The molecule has 6 rings (SSSR count). The van der Waals surface area contributed by atoms with Crippen LogP contribution in [0.25, 0.3) is 43.8 Å². The Balaban J connectivity index is 0.000000212. The zero-order valence-electron chi connectivity index (χ0n) is 33.5. The number of aryl methyl sites for hydroxylation is 2. The normalized spacial score (nSPS) is 12.2. The van der Waals surface area contributed by atoms with Crippen LogP contribution in [0.3, 0.4) is 0 Å². The standard InChI is InChI=1S/2C24H29.2ClH.Zr/c2*1-16-11-17-9-8-10-21(22(17)12-16)18-13-19(23(2,3)4)15-20(14-18)24(5,6)7;;;/h2*8-15H,1-7H3;2*1H;/q2*-1;;;+4/p-2. The molecule has 0 aliphatic heterocycles. The average Bonchev–Trinajstić information content (AvgIpc) is 3.60. The number of fused-ring (bicyclic) bond motifs is 2. The number of hydrogen-bond donors (Lipinski definition) is 0. The Labute approximate surface area is 328 Å². The zero-order chi connectivity index (χ0) is 38.1. The van der Waals surface area contributed by atoms with Crippen molar-refractivity contribution in [3.8, 4) is 22.3 Å². The summed E-state index contributed by atoms with van der Waals surface area (Å²) in [7, 11) is 9.87. The van der Waals surface area contributed by atoms with Gasteiger partial charge in [-0.2, -0.15) is 12.1 Å². The van der Waals surface area contributed by atoms with Crippen LogP contribution in [0.15, 0.2) is 97.1 Å². The van der Waals surface area contributed by atoms with Crippen LogP contribution in [0.2, 0.25) is 0 Å². The minimum atomic E-state index is -0.826. The summed E-state index contributed by atoms with van der Waals surface area (Å²) >= 11 is -0.826. The monoisotopic (exact) mass is 794 g/mol. The molecule has 6 aromatic carbocycles. The molecule has 3 heteroatoms. The van der Waals surface area contributed by atoms with Gasteiger partial charge < -0.3 is 0 Å². The molecule has 0 heterocycles. The fourth-order valence-corrected chi connectivity index (χ4v) is 6.57. The van der Waals surface area contributed by atoms with Gasteiger partial charge in [-0.3, -0.25) is 0 Å². The molecule has 0 aliphatic rings. The van der Waals surface area contributed by atoms with Gasteiger partial charge in [-0.25, -0.2) is 0 Å². The predicted octanol–water partition coefficient (Wildman–Crippen LogP) is 15.6. The summed E-state index contributed by atoms with van der Waals surface area (Å²) in [4.78, 5) is 0. The summed E-state index contributed by atoms with van der Waals surface area (Å²) in [6.45, 7) is 31.9. The molecule has 0 aliphatic carbocycles. The first-order chi connectivity index (χ1) is 23.5. The van der Waals surface area contributed by atoms with E-state index in [4.69, 9.17) is 17.0 Å². The van der Waals surface area contributed by atoms with Crippen molar-refractivity contribution in [2.75, 3.05) is 0 Å². The van der Waals surface area contributed by atoms with Crippen LogP contribution < -0.4 is 0 Å². The van der Waals surface area contributed by atoms with Crippen molar-refractivity contribution >= 4 is 38.6 Å². The minimum absolute atomic E-state index is 0.145. The first kappa shape index (κ1) is 41.3. The topological polar surface area (TPSA) is 0 Å².